The molecule has 0 radical (unpaired) electrons. The van der Waals surface area contributed by atoms with Crippen molar-refractivity contribution in [3.8, 4) is 0 Å². The van der Waals surface area contributed by atoms with Crippen molar-refractivity contribution in [1.29, 1.82) is 0 Å². The summed E-state index contributed by atoms with van der Waals surface area (Å²) in [6, 6.07) is 0. The number of carboxylic acids is 1. The van der Waals surface area contributed by atoms with Gasteiger partial charge in [0.25, 0.3) is 0 Å². The normalized spacial score (nSPS) is 14.1. The molecule has 2 N–H and O–H groups in total. The molecule has 7 heteroatoms. The average Bonchev–Trinajstić information content (AvgIpc) is 2.43. The minimum Gasteiger partial charge on any atom is -0.550 e. The van der Waals surface area contributed by atoms with Gasteiger partial charge in [-0.05, 0) is 6.42 Å². The standard InChI is InChI=1S/C16H33O5P.Na/c1-3-4-5-6-7-8-9-10-11-12-13-15(16(17)18)14(2)22(19,20)21;/h14-15H,3-13H2,1-2H3,(H,17,18)(H2,19,20,21);/q;+1/p-1. The van der Waals surface area contributed by atoms with Crippen molar-refractivity contribution in [2.24, 2.45) is 5.92 Å². The molecule has 2 unspecified atom stereocenters. The molecule has 23 heavy (non-hydrogen) atoms. The van der Waals surface area contributed by atoms with Crippen LogP contribution in [0.1, 0.15) is 84.5 Å². The van der Waals surface area contributed by atoms with Crippen molar-refractivity contribution >= 4 is 13.6 Å². The van der Waals surface area contributed by atoms with E-state index < -0.39 is 25.1 Å². The van der Waals surface area contributed by atoms with Gasteiger partial charge in [0, 0.05) is 11.9 Å². The molecule has 5 nitrogen and oxygen atoms in total. The number of aliphatic carboxylic acids is 1. The Kier molecular flexibility index (Phi) is 16.8. The molecular formula is C16H32NaO5P. The Morgan fingerprint density at radius 2 is 1.35 bits per heavy atom. The van der Waals surface area contributed by atoms with Crippen LogP contribution in [0, 0.1) is 5.92 Å². The van der Waals surface area contributed by atoms with Crippen LogP contribution in [0.2, 0.25) is 0 Å². The molecule has 0 aliphatic rings. The Balaban J connectivity index is 0. The number of carbonyl (C=O) groups excluding carboxylic acids is 1. The molecule has 0 rings (SSSR count). The molecule has 0 aromatic heterocycles. The van der Waals surface area contributed by atoms with Crippen LogP contribution in [0.5, 0.6) is 0 Å². The van der Waals surface area contributed by atoms with Crippen LogP contribution in [0.25, 0.3) is 0 Å². The molecule has 2 atom stereocenters. The number of hydrogen-bond donors (Lipinski definition) is 2. The monoisotopic (exact) mass is 358 g/mol. The van der Waals surface area contributed by atoms with Gasteiger partial charge in [-0.3, -0.25) is 4.57 Å². The van der Waals surface area contributed by atoms with Gasteiger partial charge in [-0.1, -0.05) is 78.1 Å². The third kappa shape index (κ3) is 13.6. The van der Waals surface area contributed by atoms with Gasteiger partial charge in [0.05, 0.1) is 5.66 Å². The van der Waals surface area contributed by atoms with Crippen LogP contribution in [0.3, 0.4) is 0 Å². The largest absolute Gasteiger partial charge is 1.00 e. The van der Waals surface area contributed by atoms with E-state index in [1.54, 1.807) is 0 Å². The zero-order valence-electron chi connectivity index (χ0n) is 15.0. The molecule has 0 aliphatic heterocycles. The van der Waals surface area contributed by atoms with Gasteiger partial charge >= 0.3 is 37.2 Å². The molecule has 0 heterocycles. The molecule has 0 amide bonds. The van der Waals surface area contributed by atoms with Crippen molar-refractivity contribution in [3.05, 3.63) is 0 Å². The van der Waals surface area contributed by atoms with Crippen LogP contribution in [0.4, 0.5) is 0 Å². The van der Waals surface area contributed by atoms with Crippen LogP contribution >= 0.6 is 7.60 Å². The van der Waals surface area contributed by atoms with E-state index in [2.05, 4.69) is 6.92 Å². The first kappa shape index (κ1) is 25.9. The van der Waals surface area contributed by atoms with E-state index in [-0.39, 0.29) is 36.0 Å². The first-order valence-corrected chi connectivity index (χ1v) is 10.2. The average molecular weight is 358 g/mol. The van der Waals surface area contributed by atoms with Gasteiger partial charge in [0.2, 0.25) is 0 Å². The maximum absolute atomic E-state index is 11.2. The van der Waals surface area contributed by atoms with Gasteiger partial charge in [0.15, 0.2) is 0 Å². The number of unbranched alkanes of at least 4 members (excludes halogenated alkanes) is 9. The van der Waals surface area contributed by atoms with E-state index >= 15 is 0 Å². The second-order valence-electron chi connectivity index (χ2n) is 6.23. The topological polar surface area (TPSA) is 97.7 Å². The van der Waals surface area contributed by atoms with Crippen LogP contribution in [0.15, 0.2) is 0 Å². The Bertz CT molecular complexity index is 345. The second-order valence-corrected chi connectivity index (χ2v) is 8.22. The Labute approximate surface area is 163 Å². The molecule has 0 fully saturated rings. The zero-order chi connectivity index (χ0) is 17.0. The summed E-state index contributed by atoms with van der Waals surface area (Å²) in [5.74, 6) is -2.42. The van der Waals surface area contributed by atoms with Crippen molar-refractivity contribution < 1.29 is 53.8 Å². The van der Waals surface area contributed by atoms with Crippen LogP contribution in [-0.2, 0) is 9.36 Å². The summed E-state index contributed by atoms with van der Waals surface area (Å²) in [6.45, 7) is 3.49. The van der Waals surface area contributed by atoms with Gasteiger partial charge in [-0.15, -0.1) is 0 Å². The Hall–Kier alpha value is 0.620. The summed E-state index contributed by atoms with van der Waals surface area (Å²) >= 11 is 0. The molecule has 0 aromatic rings. The van der Waals surface area contributed by atoms with Gasteiger partial charge in [-0.2, -0.15) is 0 Å². The summed E-state index contributed by atoms with van der Waals surface area (Å²) in [7, 11) is -4.37. The molecule has 0 saturated heterocycles. The third-order valence-electron chi connectivity index (χ3n) is 4.28. The SMILES string of the molecule is CCCCCCCCCCCCC(C(=O)[O-])C(C)P(=O)(O)O.[Na+]. The van der Waals surface area contributed by atoms with Crippen molar-refractivity contribution in [1.82, 2.24) is 0 Å². The Morgan fingerprint density at radius 1 is 0.957 bits per heavy atom. The van der Waals surface area contributed by atoms with Gasteiger partial charge in [-0.25, -0.2) is 0 Å². The fourth-order valence-corrected chi connectivity index (χ4v) is 3.38. The van der Waals surface area contributed by atoms with Crippen LogP contribution in [-0.4, -0.2) is 21.4 Å². The smallest absolute Gasteiger partial charge is 0.550 e. The van der Waals surface area contributed by atoms with Crippen molar-refractivity contribution in [2.75, 3.05) is 0 Å². The Morgan fingerprint density at radius 3 is 1.70 bits per heavy atom. The van der Waals surface area contributed by atoms with Crippen molar-refractivity contribution in [2.45, 2.75) is 90.1 Å². The van der Waals surface area contributed by atoms with E-state index in [1.165, 1.54) is 45.4 Å². The van der Waals surface area contributed by atoms with E-state index in [1.807, 2.05) is 0 Å². The zero-order valence-corrected chi connectivity index (χ0v) is 17.9. The first-order chi connectivity index (χ1) is 10.3. The number of hydrogen-bond acceptors (Lipinski definition) is 3. The summed E-state index contributed by atoms with van der Waals surface area (Å²) in [6.07, 6.45) is 11.7. The molecule has 0 bridgehead atoms. The third-order valence-corrected chi connectivity index (χ3v) is 5.71. The fourth-order valence-electron chi connectivity index (χ4n) is 2.64. The molecule has 0 saturated carbocycles. The first-order valence-electron chi connectivity index (χ1n) is 8.56. The maximum Gasteiger partial charge on any atom is 1.00 e. The minimum atomic E-state index is -4.37. The predicted molar refractivity (Wildman–Crippen MR) is 86.5 cm³/mol. The molecule has 0 aromatic carbocycles. The van der Waals surface area contributed by atoms with E-state index in [9.17, 15) is 14.5 Å². The summed E-state index contributed by atoms with van der Waals surface area (Å²) < 4.78 is 11.2. The summed E-state index contributed by atoms with van der Waals surface area (Å²) in [5, 5.41) is 11.0. The summed E-state index contributed by atoms with van der Waals surface area (Å²) in [4.78, 5) is 29.2. The van der Waals surface area contributed by atoms with E-state index in [0.717, 1.165) is 19.3 Å². The molecule has 0 aliphatic carbocycles. The molecular weight excluding hydrogens is 326 g/mol. The minimum absolute atomic E-state index is 0. The van der Waals surface area contributed by atoms with E-state index in [0.29, 0.717) is 6.42 Å². The number of carboxylic acid groups (broad SMARTS) is 1. The second kappa shape index (κ2) is 14.9. The predicted octanol–water partition coefficient (Wildman–Crippen LogP) is 0.234. The molecule has 132 valence electrons. The quantitative estimate of drug-likeness (QED) is 0.263. The summed E-state index contributed by atoms with van der Waals surface area (Å²) in [5.41, 5.74) is -1.17. The molecule has 0 spiro atoms. The number of rotatable bonds is 14. The van der Waals surface area contributed by atoms with Gasteiger partial charge < -0.3 is 19.7 Å². The fraction of sp³-hybridized carbons (Fsp3) is 0.938. The number of carbonyl (C=O) groups is 1. The van der Waals surface area contributed by atoms with E-state index in [4.69, 9.17) is 9.79 Å². The van der Waals surface area contributed by atoms with Gasteiger partial charge in [0.1, 0.15) is 0 Å². The maximum atomic E-state index is 11.2. The van der Waals surface area contributed by atoms with Crippen LogP contribution < -0.4 is 34.7 Å². The van der Waals surface area contributed by atoms with Crippen molar-refractivity contribution in [3.63, 3.8) is 0 Å².